The molecule has 0 aromatic heterocycles. The quantitative estimate of drug-likeness (QED) is 0.903. The Morgan fingerprint density at radius 2 is 2.00 bits per heavy atom. The Morgan fingerprint density at radius 1 is 1.42 bits per heavy atom. The molecule has 1 rings (SSSR count). The van der Waals surface area contributed by atoms with Crippen molar-refractivity contribution in [3.8, 4) is 5.75 Å². The van der Waals surface area contributed by atoms with Crippen molar-refractivity contribution in [2.24, 2.45) is 5.92 Å². The van der Waals surface area contributed by atoms with Gasteiger partial charge in [0.25, 0.3) is 0 Å². The van der Waals surface area contributed by atoms with Crippen LogP contribution in [0.15, 0.2) is 29.2 Å². The normalized spacial score (nSPS) is 14.7. The number of benzene rings is 1. The summed E-state index contributed by atoms with van der Waals surface area (Å²) in [6.45, 7) is 0. The molecule has 0 bridgehead atoms. The van der Waals surface area contributed by atoms with Crippen molar-refractivity contribution in [2.75, 3.05) is 12.9 Å². The Bertz CT molecular complexity index is 487. The number of alkyl halides is 3. The summed E-state index contributed by atoms with van der Waals surface area (Å²) in [6, 6.07) is 5.83. The van der Waals surface area contributed by atoms with Gasteiger partial charge < -0.3 is 9.84 Å². The van der Waals surface area contributed by atoms with Gasteiger partial charge >= 0.3 is 12.1 Å². The topological polar surface area (TPSA) is 63.6 Å². The molecule has 0 heterocycles. The molecule has 0 saturated carbocycles. The first-order valence-electron chi connectivity index (χ1n) is 5.08. The van der Waals surface area contributed by atoms with Crippen molar-refractivity contribution in [2.45, 2.75) is 11.1 Å². The molecule has 0 aliphatic heterocycles. The third kappa shape index (κ3) is 3.95. The number of ether oxygens (including phenoxy) is 1. The lowest BCUT2D eigenvalue weighted by Crippen LogP contribution is -2.35. The van der Waals surface area contributed by atoms with Crippen molar-refractivity contribution in [3.63, 3.8) is 0 Å². The van der Waals surface area contributed by atoms with E-state index in [-0.39, 0.29) is 10.6 Å². The second kappa shape index (κ2) is 6.05. The van der Waals surface area contributed by atoms with E-state index < -0.39 is 34.6 Å². The van der Waals surface area contributed by atoms with Crippen LogP contribution < -0.4 is 4.74 Å². The van der Waals surface area contributed by atoms with Crippen molar-refractivity contribution in [1.29, 1.82) is 0 Å². The fourth-order valence-electron chi connectivity index (χ4n) is 1.35. The summed E-state index contributed by atoms with van der Waals surface area (Å²) >= 11 is 0. The highest BCUT2D eigenvalue weighted by atomic mass is 32.2. The summed E-state index contributed by atoms with van der Waals surface area (Å²) in [4.78, 5) is 10.6. The maximum atomic E-state index is 12.5. The standard InChI is InChI=1S/C11H11F3O4S/c1-18-8-4-2-3-5-9(8)19(17)6-7(10(15)16)11(12,13)14/h2-5,7H,6H2,1H3,(H,15,16). The highest BCUT2D eigenvalue weighted by Crippen LogP contribution is 2.30. The molecule has 0 aliphatic carbocycles. The van der Waals surface area contributed by atoms with E-state index in [1.165, 1.54) is 25.3 Å². The summed E-state index contributed by atoms with van der Waals surface area (Å²) in [6.07, 6.45) is -4.94. The number of hydrogen-bond donors (Lipinski definition) is 1. The predicted molar refractivity (Wildman–Crippen MR) is 61.5 cm³/mol. The van der Waals surface area contributed by atoms with Crippen molar-refractivity contribution >= 4 is 16.8 Å². The van der Waals surface area contributed by atoms with Gasteiger partial charge in [-0.1, -0.05) is 12.1 Å². The highest BCUT2D eigenvalue weighted by Gasteiger charge is 2.46. The summed E-state index contributed by atoms with van der Waals surface area (Å²) in [7, 11) is -0.832. The molecule has 1 N–H and O–H groups in total. The van der Waals surface area contributed by atoms with Crippen LogP contribution in [0.2, 0.25) is 0 Å². The largest absolute Gasteiger partial charge is 0.495 e. The van der Waals surface area contributed by atoms with Crippen LogP contribution in [0, 0.1) is 5.92 Å². The smallest absolute Gasteiger partial charge is 0.403 e. The number of methoxy groups -OCH3 is 1. The maximum absolute atomic E-state index is 12.5. The molecule has 8 heteroatoms. The van der Waals surface area contributed by atoms with E-state index in [4.69, 9.17) is 9.84 Å². The lowest BCUT2D eigenvalue weighted by molar-refractivity contribution is -0.188. The Labute approximate surface area is 109 Å². The Morgan fingerprint density at radius 3 is 2.47 bits per heavy atom. The first kappa shape index (κ1) is 15.5. The molecule has 0 saturated heterocycles. The van der Waals surface area contributed by atoms with Gasteiger partial charge in [0.05, 0.1) is 28.6 Å². The second-order valence-corrected chi connectivity index (χ2v) is 5.06. The lowest BCUT2D eigenvalue weighted by atomic mass is 10.2. The number of para-hydroxylation sites is 1. The van der Waals surface area contributed by atoms with Crippen LogP contribution in [-0.2, 0) is 15.6 Å². The molecule has 0 fully saturated rings. The van der Waals surface area contributed by atoms with Crippen LogP contribution in [0.25, 0.3) is 0 Å². The first-order valence-corrected chi connectivity index (χ1v) is 6.40. The van der Waals surface area contributed by atoms with Gasteiger partial charge in [0.1, 0.15) is 5.75 Å². The summed E-state index contributed by atoms with van der Waals surface area (Å²) in [5, 5.41) is 8.55. The van der Waals surface area contributed by atoms with Gasteiger partial charge in [-0.05, 0) is 12.1 Å². The van der Waals surface area contributed by atoms with Gasteiger partial charge in [0.15, 0.2) is 5.92 Å². The molecular formula is C11H11F3O4S. The molecule has 0 amide bonds. The van der Waals surface area contributed by atoms with Gasteiger partial charge in [-0.25, -0.2) is 0 Å². The zero-order chi connectivity index (χ0) is 14.6. The first-order chi connectivity index (χ1) is 8.77. The van der Waals surface area contributed by atoms with Crippen molar-refractivity contribution in [1.82, 2.24) is 0 Å². The molecule has 2 unspecified atom stereocenters. The van der Waals surface area contributed by atoms with E-state index in [1.54, 1.807) is 6.07 Å². The van der Waals surface area contributed by atoms with Gasteiger partial charge in [-0.3, -0.25) is 9.00 Å². The zero-order valence-corrected chi connectivity index (χ0v) is 10.6. The van der Waals surface area contributed by atoms with Gasteiger partial charge in [-0.2, -0.15) is 13.2 Å². The summed E-state index contributed by atoms with van der Waals surface area (Å²) < 4.78 is 54.2. The SMILES string of the molecule is COc1ccccc1S(=O)CC(C(=O)O)C(F)(F)F. The maximum Gasteiger partial charge on any atom is 0.403 e. The van der Waals surface area contributed by atoms with E-state index in [2.05, 4.69) is 0 Å². The summed E-state index contributed by atoms with van der Waals surface area (Å²) in [5.74, 6) is -5.60. The average Bonchev–Trinajstić information content (AvgIpc) is 2.33. The third-order valence-electron chi connectivity index (χ3n) is 2.33. The van der Waals surface area contributed by atoms with E-state index in [1.807, 2.05) is 0 Å². The Hall–Kier alpha value is -1.57. The van der Waals surface area contributed by atoms with Crippen molar-refractivity contribution < 1.29 is 32.0 Å². The minimum absolute atomic E-state index is 0.0421. The molecule has 0 radical (unpaired) electrons. The van der Waals surface area contributed by atoms with Crippen LogP contribution >= 0.6 is 0 Å². The molecule has 106 valence electrons. The molecule has 4 nitrogen and oxygen atoms in total. The number of carbonyl (C=O) groups is 1. The van der Waals surface area contributed by atoms with Crippen LogP contribution in [-0.4, -0.2) is 34.3 Å². The Balaban J connectivity index is 2.98. The average molecular weight is 296 g/mol. The van der Waals surface area contributed by atoms with E-state index in [0.29, 0.717) is 0 Å². The zero-order valence-electron chi connectivity index (χ0n) is 9.81. The van der Waals surface area contributed by atoms with Crippen LogP contribution in [0.4, 0.5) is 13.2 Å². The number of hydrogen-bond acceptors (Lipinski definition) is 3. The Kier molecular flexibility index (Phi) is 4.93. The third-order valence-corrected chi connectivity index (χ3v) is 3.79. The monoisotopic (exact) mass is 296 g/mol. The fraction of sp³-hybridized carbons (Fsp3) is 0.364. The minimum Gasteiger partial charge on any atom is -0.495 e. The number of carboxylic acids is 1. The molecular weight excluding hydrogens is 285 g/mol. The number of carboxylic acid groups (broad SMARTS) is 1. The number of rotatable bonds is 5. The highest BCUT2D eigenvalue weighted by molar-refractivity contribution is 7.85. The summed E-state index contributed by atoms with van der Waals surface area (Å²) in [5.41, 5.74) is 0. The van der Waals surface area contributed by atoms with Crippen LogP contribution in [0.3, 0.4) is 0 Å². The van der Waals surface area contributed by atoms with Crippen molar-refractivity contribution in [3.05, 3.63) is 24.3 Å². The number of aliphatic carboxylic acids is 1. The number of halogens is 3. The molecule has 1 aromatic carbocycles. The van der Waals surface area contributed by atoms with E-state index in [9.17, 15) is 22.2 Å². The minimum atomic E-state index is -4.94. The van der Waals surface area contributed by atoms with Gasteiger partial charge in [0, 0.05) is 0 Å². The molecule has 19 heavy (non-hydrogen) atoms. The second-order valence-electron chi connectivity index (χ2n) is 3.60. The molecule has 2 atom stereocenters. The lowest BCUT2D eigenvalue weighted by Gasteiger charge is -2.16. The molecule has 0 spiro atoms. The van der Waals surface area contributed by atoms with Gasteiger partial charge in [0.2, 0.25) is 0 Å². The van der Waals surface area contributed by atoms with E-state index >= 15 is 0 Å². The predicted octanol–water partition coefficient (Wildman–Crippen LogP) is 2.07. The van der Waals surface area contributed by atoms with Crippen LogP contribution in [0.5, 0.6) is 5.75 Å². The molecule has 0 aliphatic rings. The molecule has 1 aromatic rings. The van der Waals surface area contributed by atoms with E-state index in [0.717, 1.165) is 0 Å². The van der Waals surface area contributed by atoms with Gasteiger partial charge in [-0.15, -0.1) is 0 Å². The van der Waals surface area contributed by atoms with Crippen LogP contribution in [0.1, 0.15) is 0 Å². The fourth-order valence-corrected chi connectivity index (χ4v) is 2.77.